The Kier molecular flexibility index (Phi) is 8.42. The standard InChI is InChI=1S/C28H34FNO5/c1-3-18-15-21(10-11-22(18)28(31)32)30-26(19-7-5-4-6-8-19)27-24(17-34-14-13-33-2)23-16-20(29)9-12-25(23)35-27/h9-12,15-16,19,26,30H,3-8,13-14,17H2,1-2H3,(H,31,32). The zero-order valence-corrected chi connectivity index (χ0v) is 20.4. The number of hydrogen-bond acceptors (Lipinski definition) is 5. The maximum absolute atomic E-state index is 14.2. The minimum atomic E-state index is -0.924. The van der Waals surface area contributed by atoms with Gasteiger partial charge >= 0.3 is 5.97 Å². The molecule has 0 amide bonds. The molecule has 1 heterocycles. The van der Waals surface area contributed by atoms with Gasteiger partial charge in [-0.25, -0.2) is 9.18 Å². The number of carbonyl (C=O) groups is 1. The number of hydrogen-bond donors (Lipinski definition) is 2. The topological polar surface area (TPSA) is 80.9 Å². The quantitative estimate of drug-likeness (QED) is 0.294. The summed E-state index contributed by atoms with van der Waals surface area (Å²) in [6.45, 7) is 3.14. The molecule has 1 aliphatic rings. The average Bonchev–Trinajstić information content (AvgIpc) is 3.22. The third-order valence-electron chi connectivity index (χ3n) is 6.90. The Bertz CT molecular complexity index is 1150. The number of furan rings is 1. The fraction of sp³-hybridized carbons (Fsp3) is 0.464. The monoisotopic (exact) mass is 483 g/mol. The van der Waals surface area contributed by atoms with Crippen LogP contribution in [-0.4, -0.2) is 31.4 Å². The summed E-state index contributed by atoms with van der Waals surface area (Å²) < 4.78 is 31.6. The van der Waals surface area contributed by atoms with Crippen molar-refractivity contribution < 1.29 is 28.2 Å². The van der Waals surface area contributed by atoms with Crippen LogP contribution >= 0.6 is 0 Å². The third-order valence-corrected chi connectivity index (χ3v) is 6.90. The molecule has 1 fully saturated rings. The van der Waals surface area contributed by atoms with E-state index in [4.69, 9.17) is 13.9 Å². The van der Waals surface area contributed by atoms with Crippen molar-refractivity contribution in [1.82, 2.24) is 0 Å². The van der Waals surface area contributed by atoms with E-state index in [2.05, 4.69) is 5.32 Å². The van der Waals surface area contributed by atoms with Crippen molar-refractivity contribution in [2.75, 3.05) is 25.6 Å². The van der Waals surface area contributed by atoms with Gasteiger partial charge in [0.1, 0.15) is 17.2 Å². The molecule has 0 spiro atoms. The number of nitrogens with one attached hydrogen (secondary N) is 1. The summed E-state index contributed by atoms with van der Waals surface area (Å²) >= 11 is 0. The van der Waals surface area contributed by atoms with E-state index in [1.54, 1.807) is 19.2 Å². The van der Waals surface area contributed by atoms with Crippen LogP contribution in [0.15, 0.2) is 40.8 Å². The first kappa shape index (κ1) is 25.2. The van der Waals surface area contributed by atoms with Gasteiger partial charge in [-0.05, 0) is 67.1 Å². The Morgan fingerprint density at radius 3 is 2.69 bits per heavy atom. The van der Waals surface area contributed by atoms with Crippen molar-refractivity contribution >= 4 is 22.6 Å². The van der Waals surface area contributed by atoms with Crippen molar-refractivity contribution in [3.05, 3.63) is 64.7 Å². The lowest BCUT2D eigenvalue weighted by Gasteiger charge is -2.31. The van der Waals surface area contributed by atoms with E-state index in [1.165, 1.54) is 18.6 Å². The Morgan fingerprint density at radius 2 is 1.97 bits per heavy atom. The maximum atomic E-state index is 14.2. The van der Waals surface area contributed by atoms with Gasteiger partial charge in [-0.2, -0.15) is 0 Å². The van der Waals surface area contributed by atoms with Gasteiger partial charge in [0, 0.05) is 23.7 Å². The largest absolute Gasteiger partial charge is 0.478 e. The van der Waals surface area contributed by atoms with Crippen LogP contribution in [0.25, 0.3) is 11.0 Å². The fourth-order valence-electron chi connectivity index (χ4n) is 5.09. The molecule has 0 saturated heterocycles. The van der Waals surface area contributed by atoms with Gasteiger partial charge in [0.25, 0.3) is 0 Å². The number of anilines is 1. The van der Waals surface area contributed by atoms with Gasteiger partial charge in [-0.15, -0.1) is 0 Å². The number of aryl methyl sites for hydroxylation is 1. The number of carboxylic acid groups (broad SMARTS) is 1. The number of carboxylic acids is 1. The fourth-order valence-corrected chi connectivity index (χ4v) is 5.09. The molecule has 1 saturated carbocycles. The number of aromatic carboxylic acids is 1. The van der Waals surface area contributed by atoms with Crippen molar-refractivity contribution in [1.29, 1.82) is 0 Å². The van der Waals surface area contributed by atoms with Gasteiger partial charge < -0.3 is 24.3 Å². The second-order valence-corrected chi connectivity index (χ2v) is 9.18. The first-order chi connectivity index (χ1) is 17.0. The average molecular weight is 484 g/mol. The molecule has 4 rings (SSSR count). The molecule has 0 radical (unpaired) electrons. The number of fused-ring (bicyclic) bond motifs is 1. The summed E-state index contributed by atoms with van der Waals surface area (Å²) in [7, 11) is 1.63. The van der Waals surface area contributed by atoms with Gasteiger partial charge in [0.05, 0.1) is 31.4 Å². The zero-order valence-electron chi connectivity index (χ0n) is 20.4. The summed E-state index contributed by atoms with van der Waals surface area (Å²) in [6, 6.07) is 9.82. The van der Waals surface area contributed by atoms with E-state index in [1.807, 2.05) is 19.1 Å². The van der Waals surface area contributed by atoms with Crippen LogP contribution in [0.1, 0.15) is 72.3 Å². The lowest BCUT2D eigenvalue weighted by Crippen LogP contribution is -2.24. The summed E-state index contributed by atoms with van der Waals surface area (Å²) in [4.78, 5) is 11.6. The number of ether oxygens (including phenoxy) is 2. The molecule has 3 aromatic rings. The SMILES string of the molecule is CCc1cc(NC(c2oc3ccc(F)cc3c2COCCOC)C2CCCCC2)ccc1C(=O)O. The number of benzene rings is 2. The Morgan fingerprint density at radius 1 is 1.17 bits per heavy atom. The molecular formula is C28H34FNO5. The van der Waals surface area contributed by atoms with Crippen LogP contribution in [0.3, 0.4) is 0 Å². The molecule has 1 aromatic heterocycles. The Hall–Kier alpha value is -2.90. The summed E-state index contributed by atoms with van der Waals surface area (Å²) in [5.74, 6) is -0.152. The highest BCUT2D eigenvalue weighted by atomic mass is 19.1. The molecule has 188 valence electrons. The molecule has 1 atom stereocenters. The summed E-state index contributed by atoms with van der Waals surface area (Å²) in [6.07, 6.45) is 6.25. The van der Waals surface area contributed by atoms with E-state index in [0.29, 0.717) is 36.7 Å². The third kappa shape index (κ3) is 5.85. The molecule has 2 N–H and O–H groups in total. The molecule has 35 heavy (non-hydrogen) atoms. The number of methoxy groups -OCH3 is 1. The molecular weight excluding hydrogens is 449 g/mol. The highest BCUT2D eigenvalue weighted by Gasteiger charge is 2.31. The van der Waals surface area contributed by atoms with Gasteiger partial charge in [0.15, 0.2) is 0 Å². The molecule has 0 bridgehead atoms. The summed E-state index contributed by atoms with van der Waals surface area (Å²) in [5.41, 5.74) is 3.42. The lowest BCUT2D eigenvalue weighted by atomic mass is 9.82. The van der Waals surface area contributed by atoms with Crippen molar-refractivity contribution in [2.45, 2.75) is 58.1 Å². The van der Waals surface area contributed by atoms with Crippen molar-refractivity contribution in [3.8, 4) is 0 Å². The minimum Gasteiger partial charge on any atom is -0.478 e. The second-order valence-electron chi connectivity index (χ2n) is 9.18. The van der Waals surface area contributed by atoms with Crippen LogP contribution in [-0.2, 0) is 22.5 Å². The van der Waals surface area contributed by atoms with E-state index in [9.17, 15) is 14.3 Å². The normalized spacial score (nSPS) is 15.4. The van der Waals surface area contributed by atoms with E-state index in [-0.39, 0.29) is 18.5 Å². The van der Waals surface area contributed by atoms with Crippen LogP contribution < -0.4 is 5.32 Å². The highest BCUT2D eigenvalue weighted by molar-refractivity contribution is 5.90. The predicted molar refractivity (Wildman–Crippen MR) is 133 cm³/mol. The van der Waals surface area contributed by atoms with E-state index >= 15 is 0 Å². The van der Waals surface area contributed by atoms with Crippen molar-refractivity contribution in [3.63, 3.8) is 0 Å². The van der Waals surface area contributed by atoms with E-state index < -0.39 is 5.97 Å². The first-order valence-electron chi connectivity index (χ1n) is 12.4. The molecule has 1 aliphatic carbocycles. The molecule has 7 heteroatoms. The predicted octanol–water partition coefficient (Wildman–Crippen LogP) is 6.73. The molecule has 0 aliphatic heterocycles. The van der Waals surface area contributed by atoms with Crippen LogP contribution in [0.4, 0.5) is 10.1 Å². The number of halogens is 1. The van der Waals surface area contributed by atoms with E-state index in [0.717, 1.165) is 53.6 Å². The molecule has 1 unspecified atom stereocenters. The highest BCUT2D eigenvalue weighted by Crippen LogP contribution is 2.41. The second kappa shape index (κ2) is 11.7. The van der Waals surface area contributed by atoms with Crippen LogP contribution in [0.5, 0.6) is 0 Å². The van der Waals surface area contributed by atoms with Crippen LogP contribution in [0, 0.1) is 11.7 Å². The zero-order chi connectivity index (χ0) is 24.8. The van der Waals surface area contributed by atoms with Gasteiger partial charge in [-0.3, -0.25) is 0 Å². The molecule has 6 nitrogen and oxygen atoms in total. The Balaban J connectivity index is 1.75. The lowest BCUT2D eigenvalue weighted by molar-refractivity contribution is 0.0611. The maximum Gasteiger partial charge on any atom is 0.335 e. The van der Waals surface area contributed by atoms with Crippen LogP contribution in [0.2, 0.25) is 0 Å². The first-order valence-corrected chi connectivity index (χ1v) is 12.4. The summed E-state index contributed by atoms with van der Waals surface area (Å²) in [5, 5.41) is 13.9. The smallest absolute Gasteiger partial charge is 0.335 e. The Labute approximate surface area is 205 Å². The molecule has 2 aromatic carbocycles. The van der Waals surface area contributed by atoms with Gasteiger partial charge in [-0.1, -0.05) is 26.2 Å². The van der Waals surface area contributed by atoms with Gasteiger partial charge in [0.2, 0.25) is 0 Å². The minimum absolute atomic E-state index is 0.146. The van der Waals surface area contributed by atoms with Crippen molar-refractivity contribution in [2.24, 2.45) is 5.92 Å². The number of rotatable bonds is 11.